The Morgan fingerprint density at radius 3 is 1.78 bits per heavy atom. The zero-order chi connectivity index (χ0) is 29.2. The van der Waals surface area contributed by atoms with Crippen molar-refractivity contribution in [1.82, 2.24) is 5.32 Å². The van der Waals surface area contributed by atoms with Gasteiger partial charge in [-0.15, -0.1) is 0 Å². The summed E-state index contributed by atoms with van der Waals surface area (Å²) in [5, 5.41) is 2.59. The molecule has 4 rings (SSSR count). The molecule has 0 bridgehead atoms. The van der Waals surface area contributed by atoms with Crippen LogP contribution in [0.1, 0.15) is 27.8 Å². The van der Waals surface area contributed by atoms with Crippen molar-refractivity contribution >= 4 is 11.8 Å². The second kappa shape index (κ2) is 13.5. The zero-order valence-corrected chi connectivity index (χ0v) is 22.1. The van der Waals surface area contributed by atoms with Crippen molar-refractivity contribution in [3.63, 3.8) is 0 Å². The molecule has 0 unspecified atom stereocenters. The van der Waals surface area contributed by atoms with E-state index in [9.17, 15) is 22.8 Å². The Morgan fingerprint density at radius 2 is 1.24 bits per heavy atom. The second-order valence-electron chi connectivity index (χ2n) is 9.43. The van der Waals surface area contributed by atoms with Crippen LogP contribution in [0.3, 0.4) is 0 Å². The highest BCUT2D eigenvalue weighted by Gasteiger charge is 2.30. The van der Waals surface area contributed by atoms with Crippen molar-refractivity contribution in [2.24, 2.45) is 5.73 Å². The van der Waals surface area contributed by atoms with E-state index >= 15 is 0 Å². The minimum absolute atomic E-state index is 0.0781. The van der Waals surface area contributed by atoms with Gasteiger partial charge in [-0.1, -0.05) is 78.9 Å². The summed E-state index contributed by atoms with van der Waals surface area (Å²) in [5.74, 6) is -0.323. The number of ether oxygens (including phenoxy) is 2. The number of benzene rings is 4. The minimum atomic E-state index is -4.47. The molecule has 0 radical (unpaired) electrons. The van der Waals surface area contributed by atoms with Crippen molar-refractivity contribution < 1.29 is 32.2 Å². The van der Waals surface area contributed by atoms with E-state index in [4.69, 9.17) is 15.2 Å². The van der Waals surface area contributed by atoms with Gasteiger partial charge in [-0.2, -0.15) is 13.2 Å². The van der Waals surface area contributed by atoms with E-state index in [1.54, 1.807) is 18.2 Å². The molecule has 0 saturated heterocycles. The lowest BCUT2D eigenvalue weighted by Crippen LogP contribution is -2.46. The van der Waals surface area contributed by atoms with E-state index in [2.05, 4.69) is 5.32 Å². The number of carbonyl (C=O) groups excluding carboxylic acids is 2. The van der Waals surface area contributed by atoms with Gasteiger partial charge in [0.25, 0.3) is 0 Å². The van der Waals surface area contributed by atoms with Gasteiger partial charge in [-0.05, 0) is 46.5 Å². The van der Waals surface area contributed by atoms with Crippen LogP contribution in [0.4, 0.5) is 13.2 Å². The van der Waals surface area contributed by atoms with Crippen LogP contribution in [0.25, 0.3) is 0 Å². The van der Waals surface area contributed by atoms with Crippen molar-refractivity contribution in [2.45, 2.75) is 38.3 Å². The molecule has 0 aliphatic heterocycles. The summed E-state index contributed by atoms with van der Waals surface area (Å²) in [6, 6.07) is 27.7. The molecule has 0 aliphatic carbocycles. The van der Waals surface area contributed by atoms with Crippen LogP contribution >= 0.6 is 0 Å². The number of carbonyl (C=O) groups is 2. The van der Waals surface area contributed by atoms with Gasteiger partial charge in [0.05, 0.1) is 12.0 Å². The molecule has 0 saturated carbocycles. The van der Waals surface area contributed by atoms with Gasteiger partial charge >= 0.3 is 6.18 Å². The first kappa shape index (κ1) is 29.2. The number of rotatable bonds is 12. The largest absolute Gasteiger partial charge is 0.485 e. The molecule has 4 aromatic carbocycles. The lowest BCUT2D eigenvalue weighted by Gasteiger charge is -2.18. The van der Waals surface area contributed by atoms with E-state index in [1.165, 1.54) is 12.1 Å². The van der Waals surface area contributed by atoms with E-state index in [-0.39, 0.29) is 19.4 Å². The summed E-state index contributed by atoms with van der Waals surface area (Å²) in [6.07, 6.45) is -4.60. The third kappa shape index (κ3) is 8.86. The third-order valence-corrected chi connectivity index (χ3v) is 6.25. The third-order valence-electron chi connectivity index (χ3n) is 6.25. The SMILES string of the molecule is NC(=O)[C@H](Cc1ccc(OCc2ccccc2)c(OCc2ccccc2)c1)NC(=O)Cc1ccc(C(F)(F)F)cc1. The van der Waals surface area contributed by atoms with E-state index in [0.717, 1.165) is 23.3 Å². The average Bonchev–Trinajstić information content (AvgIpc) is 2.96. The number of alkyl halides is 3. The highest BCUT2D eigenvalue weighted by atomic mass is 19.4. The number of amides is 2. The number of nitrogens with one attached hydrogen (secondary N) is 1. The summed E-state index contributed by atoms with van der Waals surface area (Å²) in [4.78, 5) is 24.8. The number of primary amides is 1. The van der Waals surface area contributed by atoms with Gasteiger partial charge in [-0.25, -0.2) is 0 Å². The van der Waals surface area contributed by atoms with E-state index in [1.807, 2.05) is 60.7 Å². The molecule has 0 heterocycles. The Morgan fingerprint density at radius 1 is 0.707 bits per heavy atom. The molecule has 0 fully saturated rings. The maximum atomic E-state index is 12.8. The van der Waals surface area contributed by atoms with Crippen LogP contribution in [0, 0.1) is 0 Å². The summed E-state index contributed by atoms with van der Waals surface area (Å²) in [5.41, 5.74) is 7.74. The number of nitrogens with two attached hydrogens (primary N) is 1. The monoisotopic (exact) mass is 562 g/mol. The molecule has 212 valence electrons. The molecule has 41 heavy (non-hydrogen) atoms. The van der Waals surface area contributed by atoms with Crippen LogP contribution < -0.4 is 20.5 Å². The smallest absolute Gasteiger partial charge is 0.416 e. The fraction of sp³-hybridized carbons (Fsp3) is 0.188. The first-order valence-corrected chi connectivity index (χ1v) is 12.9. The molecule has 0 aromatic heterocycles. The van der Waals surface area contributed by atoms with Crippen LogP contribution in [0.5, 0.6) is 11.5 Å². The molecule has 0 aliphatic rings. The Balaban J connectivity index is 1.45. The van der Waals surface area contributed by atoms with Crippen molar-refractivity contribution in [1.29, 1.82) is 0 Å². The van der Waals surface area contributed by atoms with Gasteiger partial charge in [-0.3, -0.25) is 9.59 Å². The second-order valence-corrected chi connectivity index (χ2v) is 9.43. The molecular weight excluding hydrogens is 533 g/mol. The molecule has 3 N–H and O–H groups in total. The van der Waals surface area contributed by atoms with Crippen LogP contribution in [-0.4, -0.2) is 17.9 Å². The minimum Gasteiger partial charge on any atom is -0.485 e. The number of hydrogen-bond acceptors (Lipinski definition) is 4. The quantitative estimate of drug-likeness (QED) is 0.235. The Bertz CT molecular complexity index is 1440. The highest BCUT2D eigenvalue weighted by Crippen LogP contribution is 2.31. The van der Waals surface area contributed by atoms with Gasteiger partial charge < -0.3 is 20.5 Å². The summed E-state index contributed by atoms with van der Waals surface area (Å²) >= 11 is 0. The molecule has 2 amide bonds. The fourth-order valence-electron chi connectivity index (χ4n) is 4.08. The first-order valence-electron chi connectivity index (χ1n) is 12.9. The van der Waals surface area contributed by atoms with Crippen LogP contribution in [0.2, 0.25) is 0 Å². The predicted molar refractivity (Wildman–Crippen MR) is 148 cm³/mol. The lowest BCUT2D eigenvalue weighted by molar-refractivity contribution is -0.137. The van der Waals surface area contributed by atoms with Gasteiger partial charge in [0.2, 0.25) is 11.8 Å². The highest BCUT2D eigenvalue weighted by molar-refractivity contribution is 5.87. The maximum Gasteiger partial charge on any atom is 0.416 e. The first-order chi connectivity index (χ1) is 19.7. The maximum absolute atomic E-state index is 12.8. The van der Waals surface area contributed by atoms with E-state index in [0.29, 0.717) is 29.2 Å². The van der Waals surface area contributed by atoms with Crippen molar-refractivity contribution in [2.75, 3.05) is 0 Å². The summed E-state index contributed by atoms with van der Waals surface area (Å²) < 4.78 is 50.5. The predicted octanol–water partition coefficient (Wildman–Crippen LogP) is 5.62. The fourth-order valence-corrected chi connectivity index (χ4v) is 4.08. The van der Waals surface area contributed by atoms with Crippen LogP contribution in [-0.2, 0) is 41.8 Å². The summed E-state index contributed by atoms with van der Waals surface area (Å²) in [7, 11) is 0. The Labute approximate surface area is 235 Å². The normalized spacial score (nSPS) is 11.9. The average molecular weight is 563 g/mol. The molecule has 1 atom stereocenters. The summed E-state index contributed by atoms with van der Waals surface area (Å²) in [6.45, 7) is 0.612. The standard InChI is InChI=1S/C32H29F3N2O4/c33-32(34,35)26-14-11-22(12-15-26)19-30(38)37-27(31(36)39)17-25-13-16-28(40-20-23-7-3-1-4-8-23)29(18-25)41-21-24-9-5-2-6-10-24/h1-16,18,27H,17,19-21H2,(H2,36,39)(H,37,38)/t27-/m0/s1. The number of halogens is 3. The van der Waals surface area contributed by atoms with Crippen molar-refractivity contribution in [3.05, 3.63) is 131 Å². The topological polar surface area (TPSA) is 90.7 Å². The Hall–Kier alpha value is -4.79. The molecule has 9 heteroatoms. The van der Waals surface area contributed by atoms with Crippen LogP contribution in [0.15, 0.2) is 103 Å². The number of hydrogen-bond donors (Lipinski definition) is 2. The molecular formula is C32H29F3N2O4. The zero-order valence-electron chi connectivity index (χ0n) is 22.1. The van der Waals surface area contributed by atoms with E-state index < -0.39 is 29.6 Å². The van der Waals surface area contributed by atoms with Gasteiger partial charge in [0, 0.05) is 6.42 Å². The molecule has 4 aromatic rings. The lowest BCUT2D eigenvalue weighted by atomic mass is 10.0. The van der Waals surface area contributed by atoms with Crippen molar-refractivity contribution in [3.8, 4) is 11.5 Å². The molecule has 0 spiro atoms. The Kier molecular flexibility index (Phi) is 9.63. The van der Waals surface area contributed by atoms with Gasteiger partial charge in [0.15, 0.2) is 11.5 Å². The van der Waals surface area contributed by atoms with Gasteiger partial charge in [0.1, 0.15) is 19.3 Å². The molecule has 6 nitrogen and oxygen atoms in total.